The van der Waals surface area contributed by atoms with Crippen LogP contribution in [0.4, 0.5) is 0 Å². The van der Waals surface area contributed by atoms with E-state index in [4.69, 9.17) is 5.73 Å². The predicted octanol–water partition coefficient (Wildman–Crippen LogP) is 1.68. The summed E-state index contributed by atoms with van der Waals surface area (Å²) >= 11 is 0. The largest absolute Gasteiger partial charge is 0.370 e. The maximum Gasteiger partial charge on any atom is 0.224 e. The van der Waals surface area contributed by atoms with E-state index in [1.54, 1.807) is 0 Å². The van der Waals surface area contributed by atoms with Crippen molar-refractivity contribution in [1.29, 1.82) is 0 Å². The molecular formula is C19H27N3O3. The van der Waals surface area contributed by atoms with Gasteiger partial charge in [0.1, 0.15) is 0 Å². The molecule has 1 aliphatic rings. The van der Waals surface area contributed by atoms with Crippen LogP contribution in [0.15, 0.2) is 24.3 Å². The van der Waals surface area contributed by atoms with Gasteiger partial charge < -0.3 is 16.0 Å². The first-order valence-electron chi connectivity index (χ1n) is 8.75. The molecule has 0 aromatic heterocycles. The Hall–Kier alpha value is -2.37. The normalized spacial score (nSPS) is 16.3. The molecule has 6 heteroatoms. The van der Waals surface area contributed by atoms with Crippen LogP contribution < -0.4 is 11.1 Å². The smallest absolute Gasteiger partial charge is 0.224 e. The second-order valence-corrected chi connectivity index (χ2v) is 6.86. The minimum Gasteiger partial charge on any atom is -0.370 e. The highest BCUT2D eigenvalue weighted by Gasteiger charge is 2.26. The minimum absolute atomic E-state index is 0.0249. The first-order valence-corrected chi connectivity index (χ1v) is 8.75. The van der Waals surface area contributed by atoms with Crippen molar-refractivity contribution in [3.05, 3.63) is 35.4 Å². The van der Waals surface area contributed by atoms with Crippen LogP contribution in [0, 0.1) is 12.8 Å². The van der Waals surface area contributed by atoms with Crippen LogP contribution in [0.3, 0.4) is 0 Å². The van der Waals surface area contributed by atoms with E-state index in [0.29, 0.717) is 19.5 Å². The zero-order valence-electron chi connectivity index (χ0n) is 15.0. The Balaban J connectivity index is 1.96. The number of carbonyl (C=O) groups excluding carboxylic acids is 3. The topological polar surface area (TPSA) is 92.5 Å². The van der Waals surface area contributed by atoms with Crippen molar-refractivity contribution in [2.45, 2.75) is 45.6 Å². The Kier molecular flexibility index (Phi) is 6.56. The zero-order valence-corrected chi connectivity index (χ0v) is 15.0. The summed E-state index contributed by atoms with van der Waals surface area (Å²) in [7, 11) is 0. The van der Waals surface area contributed by atoms with Gasteiger partial charge in [-0.2, -0.15) is 0 Å². The van der Waals surface area contributed by atoms with Crippen LogP contribution in [-0.4, -0.2) is 35.7 Å². The lowest BCUT2D eigenvalue weighted by Gasteiger charge is -2.32. The van der Waals surface area contributed by atoms with E-state index in [9.17, 15) is 14.4 Å². The maximum absolute atomic E-state index is 12.6. The molecule has 2 rings (SSSR count). The molecule has 0 spiro atoms. The number of rotatable bonds is 6. The fourth-order valence-electron chi connectivity index (χ4n) is 3.27. The number of primary amides is 1. The third kappa shape index (κ3) is 5.89. The number of hydrogen-bond acceptors (Lipinski definition) is 3. The quantitative estimate of drug-likeness (QED) is 0.821. The number of nitrogens with zero attached hydrogens (tertiary/aromatic N) is 1. The highest BCUT2D eigenvalue weighted by atomic mass is 16.2. The molecule has 1 fully saturated rings. The lowest BCUT2D eigenvalue weighted by atomic mass is 9.92. The summed E-state index contributed by atoms with van der Waals surface area (Å²) in [4.78, 5) is 37.0. The molecule has 0 saturated carbocycles. The highest BCUT2D eigenvalue weighted by Crippen LogP contribution is 2.23. The Bertz CT molecular complexity index is 619. The van der Waals surface area contributed by atoms with Gasteiger partial charge in [-0.1, -0.05) is 29.8 Å². The number of nitrogens with two attached hydrogens (primary N) is 1. The average molecular weight is 345 g/mol. The SMILES string of the molecule is CC(=O)N[C@@H](CC(=O)N1CCC(CC(N)=O)CC1)c1ccc(C)cc1. The molecule has 3 amide bonds. The molecule has 1 aromatic rings. The molecular weight excluding hydrogens is 318 g/mol. The summed E-state index contributed by atoms with van der Waals surface area (Å²) < 4.78 is 0. The van der Waals surface area contributed by atoms with E-state index in [1.807, 2.05) is 36.1 Å². The Morgan fingerprint density at radius 3 is 2.32 bits per heavy atom. The number of aryl methyl sites for hydroxylation is 1. The molecule has 0 unspecified atom stereocenters. The molecule has 136 valence electrons. The number of piperidine rings is 1. The summed E-state index contributed by atoms with van der Waals surface area (Å²) in [6.07, 6.45) is 2.22. The van der Waals surface area contributed by atoms with Crippen molar-refractivity contribution < 1.29 is 14.4 Å². The van der Waals surface area contributed by atoms with Crippen molar-refractivity contribution in [1.82, 2.24) is 10.2 Å². The Morgan fingerprint density at radius 1 is 1.20 bits per heavy atom. The second kappa shape index (κ2) is 8.65. The van der Waals surface area contributed by atoms with Gasteiger partial charge >= 0.3 is 0 Å². The average Bonchev–Trinajstić information content (AvgIpc) is 2.54. The second-order valence-electron chi connectivity index (χ2n) is 6.86. The van der Waals surface area contributed by atoms with E-state index in [2.05, 4.69) is 5.32 Å². The van der Waals surface area contributed by atoms with Crippen LogP contribution >= 0.6 is 0 Å². The number of carbonyl (C=O) groups is 3. The van der Waals surface area contributed by atoms with Gasteiger partial charge in [0.05, 0.1) is 12.5 Å². The standard InChI is InChI=1S/C19H27N3O3/c1-13-3-5-16(6-4-13)17(21-14(2)23)12-19(25)22-9-7-15(8-10-22)11-18(20)24/h3-6,15,17H,7-12H2,1-2H3,(H2,20,24)(H,21,23)/t17-/m0/s1. The third-order valence-corrected chi connectivity index (χ3v) is 4.69. The molecule has 25 heavy (non-hydrogen) atoms. The van der Waals surface area contributed by atoms with Crippen LogP contribution in [0.25, 0.3) is 0 Å². The molecule has 3 N–H and O–H groups in total. The van der Waals surface area contributed by atoms with Crippen molar-refractivity contribution >= 4 is 17.7 Å². The molecule has 1 atom stereocenters. The lowest BCUT2D eigenvalue weighted by molar-refractivity contribution is -0.133. The Labute approximate surface area is 148 Å². The summed E-state index contributed by atoms with van der Waals surface area (Å²) in [5, 5.41) is 2.87. The molecule has 1 heterocycles. The summed E-state index contributed by atoms with van der Waals surface area (Å²) in [5.41, 5.74) is 7.31. The van der Waals surface area contributed by atoms with Gasteiger partial charge in [-0.15, -0.1) is 0 Å². The fraction of sp³-hybridized carbons (Fsp3) is 0.526. The third-order valence-electron chi connectivity index (χ3n) is 4.69. The number of nitrogens with one attached hydrogen (secondary N) is 1. The van der Waals surface area contributed by atoms with Crippen molar-refractivity contribution in [2.24, 2.45) is 11.7 Å². The van der Waals surface area contributed by atoms with Gasteiger partial charge in [0.15, 0.2) is 0 Å². The van der Waals surface area contributed by atoms with Crippen LogP contribution in [-0.2, 0) is 14.4 Å². The van der Waals surface area contributed by atoms with Crippen molar-refractivity contribution in [3.8, 4) is 0 Å². The van der Waals surface area contributed by atoms with Crippen molar-refractivity contribution in [2.75, 3.05) is 13.1 Å². The fourth-order valence-corrected chi connectivity index (χ4v) is 3.27. The number of likely N-dealkylation sites (tertiary alicyclic amines) is 1. The number of amides is 3. The molecule has 0 aliphatic carbocycles. The first-order chi connectivity index (χ1) is 11.8. The molecule has 1 saturated heterocycles. The molecule has 1 aromatic carbocycles. The summed E-state index contributed by atoms with van der Waals surface area (Å²) in [5.74, 6) is -0.143. The van der Waals surface area contributed by atoms with E-state index in [-0.39, 0.29) is 36.1 Å². The first kappa shape index (κ1) is 19.0. The van der Waals surface area contributed by atoms with Gasteiger partial charge in [0.2, 0.25) is 17.7 Å². The Morgan fingerprint density at radius 2 is 1.80 bits per heavy atom. The van der Waals surface area contributed by atoms with E-state index >= 15 is 0 Å². The van der Waals surface area contributed by atoms with E-state index in [0.717, 1.165) is 24.0 Å². The lowest BCUT2D eigenvalue weighted by Crippen LogP contribution is -2.41. The zero-order chi connectivity index (χ0) is 18.4. The van der Waals surface area contributed by atoms with Gasteiger partial charge in [-0.05, 0) is 31.2 Å². The number of hydrogen-bond donors (Lipinski definition) is 2. The maximum atomic E-state index is 12.6. The molecule has 1 aliphatic heterocycles. The molecule has 0 bridgehead atoms. The van der Waals surface area contributed by atoms with Crippen LogP contribution in [0.5, 0.6) is 0 Å². The van der Waals surface area contributed by atoms with Crippen molar-refractivity contribution in [3.63, 3.8) is 0 Å². The van der Waals surface area contributed by atoms with Gasteiger partial charge in [-0.25, -0.2) is 0 Å². The summed E-state index contributed by atoms with van der Waals surface area (Å²) in [6.45, 7) is 4.73. The molecule has 0 radical (unpaired) electrons. The van der Waals surface area contributed by atoms with E-state index < -0.39 is 0 Å². The van der Waals surface area contributed by atoms with Gasteiger partial charge in [-0.3, -0.25) is 14.4 Å². The monoisotopic (exact) mass is 345 g/mol. The summed E-state index contributed by atoms with van der Waals surface area (Å²) in [6, 6.07) is 7.52. The highest BCUT2D eigenvalue weighted by molar-refractivity contribution is 5.79. The van der Waals surface area contributed by atoms with Gasteiger partial charge in [0, 0.05) is 26.4 Å². The van der Waals surface area contributed by atoms with Gasteiger partial charge in [0.25, 0.3) is 0 Å². The predicted molar refractivity (Wildman–Crippen MR) is 95.5 cm³/mol. The van der Waals surface area contributed by atoms with Crippen LogP contribution in [0.1, 0.15) is 49.8 Å². The van der Waals surface area contributed by atoms with E-state index in [1.165, 1.54) is 6.92 Å². The number of benzene rings is 1. The minimum atomic E-state index is -0.325. The van der Waals surface area contributed by atoms with Crippen LogP contribution in [0.2, 0.25) is 0 Å². The molecule has 6 nitrogen and oxygen atoms in total.